The van der Waals surface area contributed by atoms with Gasteiger partial charge in [-0.05, 0) is 43.2 Å². The smallest absolute Gasteiger partial charge is 0.387 e. The van der Waals surface area contributed by atoms with Crippen molar-refractivity contribution in [1.29, 1.82) is 0 Å². The fraction of sp³-hybridized carbons (Fsp3) is 0.296. The van der Waals surface area contributed by atoms with E-state index in [1.54, 1.807) is 23.0 Å². The fourth-order valence-electron chi connectivity index (χ4n) is 5.62. The quantitative estimate of drug-likeness (QED) is 0.403. The molecule has 7 nitrogen and oxygen atoms in total. The van der Waals surface area contributed by atoms with Crippen LogP contribution in [0, 0.1) is 11.8 Å². The molecular formula is C27H21F2N5O2. The summed E-state index contributed by atoms with van der Waals surface area (Å²) in [5, 5.41) is 4.15. The number of benzene rings is 2. The highest BCUT2D eigenvalue weighted by Crippen LogP contribution is 2.52. The minimum atomic E-state index is -2.99. The van der Waals surface area contributed by atoms with E-state index >= 15 is 0 Å². The van der Waals surface area contributed by atoms with Crippen molar-refractivity contribution in [2.45, 2.75) is 44.0 Å². The van der Waals surface area contributed by atoms with Crippen molar-refractivity contribution in [3.05, 3.63) is 76.9 Å². The van der Waals surface area contributed by atoms with Crippen molar-refractivity contribution in [3.63, 3.8) is 0 Å². The zero-order valence-electron chi connectivity index (χ0n) is 19.4. The van der Waals surface area contributed by atoms with Gasteiger partial charge in [0.1, 0.15) is 11.6 Å². The van der Waals surface area contributed by atoms with Gasteiger partial charge >= 0.3 is 6.61 Å². The number of amides is 1. The first-order chi connectivity index (χ1) is 17.5. The summed E-state index contributed by atoms with van der Waals surface area (Å²) in [4.78, 5) is 20.5. The Kier molecular flexibility index (Phi) is 4.49. The van der Waals surface area contributed by atoms with Crippen LogP contribution in [0.2, 0.25) is 0 Å². The molecule has 4 aromatic rings. The molecule has 36 heavy (non-hydrogen) atoms. The number of halogens is 2. The second-order valence-electron chi connectivity index (χ2n) is 9.50. The summed E-state index contributed by atoms with van der Waals surface area (Å²) in [5.41, 5.74) is 4.18. The van der Waals surface area contributed by atoms with E-state index in [9.17, 15) is 13.6 Å². The number of hydrogen-bond donors (Lipinski definition) is 0. The molecule has 2 atom stereocenters. The second kappa shape index (κ2) is 7.65. The topological polar surface area (TPSA) is 65.2 Å². The van der Waals surface area contributed by atoms with E-state index < -0.39 is 6.61 Å². The van der Waals surface area contributed by atoms with Crippen molar-refractivity contribution < 1.29 is 18.3 Å². The molecule has 1 amide bonds. The Hall–Kier alpha value is -4.19. The van der Waals surface area contributed by atoms with E-state index in [0.29, 0.717) is 17.5 Å². The molecule has 2 bridgehead atoms. The van der Waals surface area contributed by atoms with Crippen LogP contribution in [0.4, 0.5) is 8.78 Å². The molecule has 2 aromatic carbocycles. The average Bonchev–Trinajstić information content (AvgIpc) is 3.37. The lowest BCUT2D eigenvalue weighted by molar-refractivity contribution is -0.0507. The van der Waals surface area contributed by atoms with Gasteiger partial charge < -0.3 is 14.2 Å². The first kappa shape index (κ1) is 21.1. The monoisotopic (exact) mass is 485 g/mol. The van der Waals surface area contributed by atoms with Gasteiger partial charge in [-0.2, -0.15) is 13.9 Å². The maximum Gasteiger partial charge on any atom is 0.387 e. The van der Waals surface area contributed by atoms with Crippen molar-refractivity contribution in [2.24, 2.45) is 7.05 Å². The summed E-state index contributed by atoms with van der Waals surface area (Å²) >= 11 is 0. The van der Waals surface area contributed by atoms with Gasteiger partial charge in [0.15, 0.2) is 0 Å². The molecule has 0 spiro atoms. The van der Waals surface area contributed by atoms with Crippen LogP contribution in [-0.4, -0.2) is 42.8 Å². The largest absolute Gasteiger partial charge is 0.434 e. The number of imidazole rings is 1. The highest BCUT2D eigenvalue weighted by molar-refractivity contribution is 5.98. The average molecular weight is 485 g/mol. The Balaban J connectivity index is 1.42. The lowest BCUT2D eigenvalue weighted by atomic mass is 9.97. The minimum absolute atomic E-state index is 0.0412. The highest BCUT2D eigenvalue weighted by Gasteiger charge is 2.50. The van der Waals surface area contributed by atoms with Crippen molar-refractivity contribution in [1.82, 2.24) is 24.2 Å². The number of aromatic nitrogens is 4. The zero-order chi connectivity index (χ0) is 24.6. The molecule has 1 saturated carbocycles. The third-order valence-corrected chi connectivity index (χ3v) is 7.19. The zero-order valence-corrected chi connectivity index (χ0v) is 19.4. The van der Waals surface area contributed by atoms with E-state index in [4.69, 9.17) is 9.72 Å². The number of nitrogens with zero attached hydrogens (tertiary/aromatic N) is 5. The normalized spacial score (nSPS) is 20.2. The first-order valence-corrected chi connectivity index (χ1v) is 11.9. The molecule has 2 aromatic heterocycles. The molecule has 1 aliphatic carbocycles. The van der Waals surface area contributed by atoms with Crippen molar-refractivity contribution in [2.75, 3.05) is 0 Å². The number of carbonyl (C=O) groups excluding carboxylic acids is 1. The fourth-order valence-corrected chi connectivity index (χ4v) is 5.62. The SMILES string of the molecule is Cn1cc(C#Cc2ccc3nc4n(c3c2)[C@@H]2CC4N(C3CC3)C(=O)c3cccc(OC(F)F)c32)cn1. The van der Waals surface area contributed by atoms with E-state index in [1.165, 1.54) is 6.07 Å². The lowest BCUT2D eigenvalue weighted by Gasteiger charge is -2.28. The summed E-state index contributed by atoms with van der Waals surface area (Å²) in [6, 6.07) is 10.2. The molecule has 1 fully saturated rings. The predicted molar refractivity (Wildman–Crippen MR) is 127 cm³/mol. The van der Waals surface area contributed by atoms with Crippen LogP contribution in [-0.2, 0) is 7.05 Å². The van der Waals surface area contributed by atoms with Crippen LogP contribution in [0.1, 0.15) is 64.2 Å². The minimum Gasteiger partial charge on any atom is -0.434 e. The van der Waals surface area contributed by atoms with Gasteiger partial charge in [0.25, 0.3) is 5.91 Å². The summed E-state index contributed by atoms with van der Waals surface area (Å²) in [6.45, 7) is -2.99. The van der Waals surface area contributed by atoms with Crippen LogP contribution in [0.15, 0.2) is 48.8 Å². The van der Waals surface area contributed by atoms with E-state index in [0.717, 1.165) is 40.8 Å². The van der Waals surface area contributed by atoms with Gasteiger partial charge in [-0.1, -0.05) is 17.9 Å². The third-order valence-electron chi connectivity index (χ3n) is 7.19. The molecule has 0 saturated heterocycles. The van der Waals surface area contributed by atoms with Gasteiger partial charge in [-0.25, -0.2) is 4.98 Å². The molecule has 180 valence electrons. The summed E-state index contributed by atoms with van der Waals surface area (Å²) in [6.07, 6.45) is 6.00. The standard InChI is InChI=1S/C27H21F2N5O2/c1-32-14-16(13-30-32)6-5-15-7-10-19-20(11-15)34-21-12-22(25(34)31-19)33(17-8-9-17)26(35)18-3-2-4-23(24(18)21)36-27(28)29/h2-4,7,10-11,13-14,17,21-22,27H,8-9,12H2,1H3/t21-,22?/m1/s1. The van der Waals surface area contributed by atoms with E-state index in [-0.39, 0.29) is 29.8 Å². The number of aryl methyl sites for hydroxylation is 1. The predicted octanol–water partition coefficient (Wildman–Crippen LogP) is 4.42. The van der Waals surface area contributed by atoms with E-state index in [2.05, 4.69) is 21.5 Å². The van der Waals surface area contributed by atoms with Crippen LogP contribution < -0.4 is 4.74 Å². The molecule has 2 aliphatic heterocycles. The van der Waals surface area contributed by atoms with Crippen LogP contribution in [0.3, 0.4) is 0 Å². The Morgan fingerprint density at radius 1 is 1.11 bits per heavy atom. The number of carbonyl (C=O) groups is 1. The van der Waals surface area contributed by atoms with Crippen LogP contribution >= 0.6 is 0 Å². The number of ether oxygens (including phenoxy) is 1. The lowest BCUT2D eigenvalue weighted by Crippen LogP contribution is -2.36. The van der Waals surface area contributed by atoms with Crippen LogP contribution in [0.25, 0.3) is 11.0 Å². The molecule has 9 heteroatoms. The highest BCUT2D eigenvalue weighted by atomic mass is 19.3. The van der Waals surface area contributed by atoms with Crippen LogP contribution in [0.5, 0.6) is 5.75 Å². The molecule has 7 rings (SSSR count). The van der Waals surface area contributed by atoms with E-state index in [1.807, 2.05) is 36.3 Å². The molecule has 0 radical (unpaired) electrons. The van der Waals surface area contributed by atoms with Gasteiger partial charge in [-0.3, -0.25) is 9.48 Å². The number of fused-ring (bicyclic) bond motifs is 9. The number of alkyl halides is 2. The summed E-state index contributed by atoms with van der Waals surface area (Å²) in [5.74, 6) is 7.00. The molecule has 4 heterocycles. The molecular weight excluding hydrogens is 464 g/mol. The Morgan fingerprint density at radius 2 is 1.94 bits per heavy atom. The van der Waals surface area contributed by atoms with Gasteiger partial charge in [0, 0.05) is 42.4 Å². The maximum atomic E-state index is 13.7. The second-order valence-corrected chi connectivity index (χ2v) is 9.50. The maximum absolute atomic E-state index is 13.7. The van der Waals surface area contributed by atoms with Gasteiger partial charge in [-0.15, -0.1) is 0 Å². The van der Waals surface area contributed by atoms with Crippen molar-refractivity contribution >= 4 is 16.9 Å². The van der Waals surface area contributed by atoms with Gasteiger partial charge in [0.05, 0.1) is 34.9 Å². The summed E-state index contributed by atoms with van der Waals surface area (Å²) < 4.78 is 35.4. The third kappa shape index (κ3) is 3.21. The molecule has 1 unspecified atom stereocenters. The Bertz CT molecular complexity index is 1610. The Morgan fingerprint density at radius 3 is 2.69 bits per heavy atom. The number of rotatable bonds is 3. The summed E-state index contributed by atoms with van der Waals surface area (Å²) in [7, 11) is 1.84. The van der Waals surface area contributed by atoms with Crippen molar-refractivity contribution in [3.8, 4) is 17.6 Å². The van der Waals surface area contributed by atoms with Gasteiger partial charge in [0.2, 0.25) is 0 Å². The molecule has 0 N–H and O–H groups in total. The number of hydrogen-bond acceptors (Lipinski definition) is 4. The first-order valence-electron chi connectivity index (χ1n) is 11.9. The Labute approximate surface area is 205 Å². The molecule has 3 aliphatic rings.